The lowest BCUT2D eigenvalue weighted by atomic mass is 10.1. The first kappa shape index (κ1) is 14.5. The molecular formula is C14H12F4N2S. The number of benzene rings is 1. The van der Waals surface area contributed by atoms with Crippen LogP contribution < -0.4 is 5.32 Å². The van der Waals surface area contributed by atoms with E-state index in [1.54, 1.807) is 5.38 Å². The van der Waals surface area contributed by atoms with Gasteiger partial charge in [-0.2, -0.15) is 13.2 Å². The predicted molar refractivity (Wildman–Crippen MR) is 72.5 cm³/mol. The lowest BCUT2D eigenvalue weighted by molar-refractivity contribution is -0.137. The third kappa shape index (κ3) is 2.94. The van der Waals surface area contributed by atoms with E-state index in [1.165, 1.54) is 0 Å². The Labute approximate surface area is 122 Å². The summed E-state index contributed by atoms with van der Waals surface area (Å²) in [7, 11) is 0. The van der Waals surface area contributed by atoms with E-state index in [0.29, 0.717) is 0 Å². The number of alkyl halides is 3. The van der Waals surface area contributed by atoms with Crippen LogP contribution in [0.2, 0.25) is 0 Å². The maximum atomic E-state index is 13.3. The number of hydrogen-bond acceptors (Lipinski definition) is 3. The fourth-order valence-corrected chi connectivity index (χ4v) is 3.35. The van der Waals surface area contributed by atoms with E-state index in [9.17, 15) is 17.6 Å². The largest absolute Gasteiger partial charge is 0.417 e. The number of aromatic nitrogens is 1. The van der Waals surface area contributed by atoms with Crippen LogP contribution in [0.3, 0.4) is 0 Å². The second-order valence-electron chi connectivity index (χ2n) is 4.91. The average Bonchev–Trinajstić information content (AvgIpc) is 3.08. The molecule has 1 fully saturated rings. The highest BCUT2D eigenvalue weighted by molar-refractivity contribution is 7.13. The van der Waals surface area contributed by atoms with Gasteiger partial charge in [-0.1, -0.05) is 0 Å². The highest BCUT2D eigenvalue weighted by Gasteiger charge is 2.34. The standard InChI is InChI=1S/C14H12F4N2S/c15-8-3-4-10(14(16,17)18)9(6-8)13-20-12(7-21-13)11-2-1-5-19-11/h3-4,6-7,11,19H,1-2,5H2/t11-/m0/s1. The van der Waals surface area contributed by atoms with Crippen LogP contribution in [0.1, 0.15) is 30.1 Å². The minimum atomic E-state index is -4.53. The van der Waals surface area contributed by atoms with Crippen LogP contribution in [-0.2, 0) is 6.18 Å². The number of halogens is 4. The molecule has 1 atom stereocenters. The summed E-state index contributed by atoms with van der Waals surface area (Å²) in [5.74, 6) is -0.700. The fraction of sp³-hybridized carbons (Fsp3) is 0.357. The molecule has 2 heterocycles. The minimum absolute atomic E-state index is 0.0814. The van der Waals surface area contributed by atoms with E-state index in [-0.39, 0.29) is 16.6 Å². The molecule has 1 saturated heterocycles. The van der Waals surface area contributed by atoms with Gasteiger partial charge in [-0.3, -0.25) is 0 Å². The third-order valence-electron chi connectivity index (χ3n) is 3.46. The van der Waals surface area contributed by atoms with Crippen molar-refractivity contribution in [3.8, 4) is 10.6 Å². The van der Waals surface area contributed by atoms with Gasteiger partial charge in [-0.05, 0) is 37.6 Å². The highest BCUT2D eigenvalue weighted by Crippen LogP contribution is 2.39. The van der Waals surface area contributed by atoms with Gasteiger partial charge in [0.1, 0.15) is 10.8 Å². The molecule has 0 unspecified atom stereocenters. The SMILES string of the molecule is Fc1ccc(C(F)(F)F)c(-c2nc([C@@H]3CCCN3)cs2)c1. The van der Waals surface area contributed by atoms with Crippen LogP contribution in [0.4, 0.5) is 17.6 Å². The van der Waals surface area contributed by atoms with E-state index in [0.717, 1.165) is 54.6 Å². The molecule has 0 aliphatic carbocycles. The number of nitrogens with one attached hydrogen (secondary N) is 1. The van der Waals surface area contributed by atoms with Crippen LogP contribution in [0, 0.1) is 5.82 Å². The van der Waals surface area contributed by atoms with E-state index in [4.69, 9.17) is 0 Å². The summed E-state index contributed by atoms with van der Waals surface area (Å²) in [5, 5.41) is 5.18. The topological polar surface area (TPSA) is 24.9 Å². The molecule has 3 rings (SSSR count). The first-order chi connectivity index (χ1) is 9.95. The van der Waals surface area contributed by atoms with Gasteiger partial charge in [-0.25, -0.2) is 9.37 Å². The quantitative estimate of drug-likeness (QED) is 0.831. The van der Waals surface area contributed by atoms with E-state index >= 15 is 0 Å². The smallest absolute Gasteiger partial charge is 0.309 e. The van der Waals surface area contributed by atoms with Gasteiger partial charge in [0.05, 0.1) is 17.3 Å². The molecule has 7 heteroatoms. The van der Waals surface area contributed by atoms with Crippen molar-refractivity contribution in [1.82, 2.24) is 10.3 Å². The Morgan fingerprint density at radius 3 is 2.76 bits per heavy atom. The summed E-state index contributed by atoms with van der Waals surface area (Å²) in [6, 6.07) is 2.56. The molecule has 1 N–H and O–H groups in total. The Morgan fingerprint density at radius 2 is 2.10 bits per heavy atom. The summed E-state index contributed by atoms with van der Waals surface area (Å²) in [6.45, 7) is 0.880. The molecule has 0 radical (unpaired) electrons. The lowest BCUT2D eigenvalue weighted by Gasteiger charge is -2.11. The van der Waals surface area contributed by atoms with Crippen LogP contribution >= 0.6 is 11.3 Å². The summed E-state index contributed by atoms with van der Waals surface area (Å²) in [6.07, 6.45) is -2.59. The average molecular weight is 316 g/mol. The van der Waals surface area contributed by atoms with E-state index in [2.05, 4.69) is 10.3 Å². The first-order valence-electron chi connectivity index (χ1n) is 6.51. The molecule has 112 valence electrons. The Bertz CT molecular complexity index is 645. The van der Waals surface area contributed by atoms with Crippen molar-refractivity contribution >= 4 is 11.3 Å². The molecule has 2 aromatic rings. The Balaban J connectivity index is 2.01. The maximum absolute atomic E-state index is 13.3. The van der Waals surface area contributed by atoms with Gasteiger partial charge >= 0.3 is 6.18 Å². The zero-order chi connectivity index (χ0) is 15.0. The van der Waals surface area contributed by atoms with Crippen LogP contribution in [0.25, 0.3) is 10.6 Å². The van der Waals surface area contributed by atoms with Crippen molar-refractivity contribution in [1.29, 1.82) is 0 Å². The summed E-state index contributed by atoms with van der Waals surface area (Å²) in [5.41, 5.74) is -0.328. The molecular weight excluding hydrogens is 304 g/mol. The Hall–Kier alpha value is -1.47. The Morgan fingerprint density at radius 1 is 1.29 bits per heavy atom. The highest BCUT2D eigenvalue weighted by atomic mass is 32.1. The predicted octanol–water partition coefficient (Wildman–Crippen LogP) is 4.39. The maximum Gasteiger partial charge on any atom is 0.417 e. The second-order valence-corrected chi connectivity index (χ2v) is 5.77. The molecule has 0 bridgehead atoms. The van der Waals surface area contributed by atoms with Crippen LogP contribution in [-0.4, -0.2) is 11.5 Å². The molecule has 0 spiro atoms. The van der Waals surface area contributed by atoms with Crippen LogP contribution in [0.15, 0.2) is 23.6 Å². The summed E-state index contributed by atoms with van der Waals surface area (Å²) in [4.78, 5) is 4.27. The van der Waals surface area contributed by atoms with Gasteiger partial charge in [0.15, 0.2) is 0 Å². The molecule has 0 amide bonds. The molecule has 2 nitrogen and oxygen atoms in total. The normalized spacial score (nSPS) is 19.1. The second kappa shape index (κ2) is 5.38. The molecule has 1 aliphatic heterocycles. The molecule has 21 heavy (non-hydrogen) atoms. The van der Waals surface area contributed by atoms with Crippen molar-refractivity contribution in [2.45, 2.75) is 25.1 Å². The van der Waals surface area contributed by atoms with E-state index < -0.39 is 17.6 Å². The van der Waals surface area contributed by atoms with E-state index in [1.807, 2.05) is 0 Å². The number of thiazole rings is 1. The van der Waals surface area contributed by atoms with Gasteiger partial charge in [0, 0.05) is 10.9 Å². The number of rotatable bonds is 2. The fourth-order valence-electron chi connectivity index (χ4n) is 2.45. The summed E-state index contributed by atoms with van der Waals surface area (Å²) < 4.78 is 52.4. The van der Waals surface area contributed by atoms with Crippen LogP contribution in [0.5, 0.6) is 0 Å². The number of hydrogen-bond donors (Lipinski definition) is 1. The van der Waals surface area contributed by atoms with Gasteiger partial charge in [0.25, 0.3) is 0 Å². The zero-order valence-corrected chi connectivity index (χ0v) is 11.7. The Kier molecular flexibility index (Phi) is 3.71. The monoisotopic (exact) mass is 316 g/mol. The van der Waals surface area contributed by atoms with Gasteiger partial charge in [-0.15, -0.1) is 11.3 Å². The number of nitrogens with zero attached hydrogens (tertiary/aromatic N) is 1. The lowest BCUT2D eigenvalue weighted by Crippen LogP contribution is -2.13. The van der Waals surface area contributed by atoms with Crippen molar-refractivity contribution in [3.05, 3.63) is 40.7 Å². The molecule has 0 saturated carbocycles. The first-order valence-corrected chi connectivity index (χ1v) is 7.39. The van der Waals surface area contributed by atoms with Crippen molar-refractivity contribution in [2.75, 3.05) is 6.54 Å². The van der Waals surface area contributed by atoms with Gasteiger partial charge in [0.2, 0.25) is 0 Å². The van der Waals surface area contributed by atoms with Crippen molar-refractivity contribution in [2.24, 2.45) is 0 Å². The minimum Gasteiger partial charge on any atom is -0.309 e. The summed E-state index contributed by atoms with van der Waals surface area (Å²) >= 11 is 1.11. The third-order valence-corrected chi connectivity index (χ3v) is 4.35. The van der Waals surface area contributed by atoms with Crippen molar-refractivity contribution < 1.29 is 17.6 Å². The van der Waals surface area contributed by atoms with Gasteiger partial charge < -0.3 is 5.32 Å². The molecule has 1 aliphatic rings. The molecule has 1 aromatic carbocycles. The van der Waals surface area contributed by atoms with Crippen molar-refractivity contribution in [3.63, 3.8) is 0 Å². The molecule has 1 aromatic heterocycles. The zero-order valence-electron chi connectivity index (χ0n) is 10.9.